The normalized spacial score (nSPS) is 20.1. The molecule has 2 unspecified atom stereocenters. The SMILES string of the molecule is CCCC(C)C1C(=O)Nc2c1cccc2C(F)(F)F. The molecule has 0 bridgehead atoms. The Hall–Kier alpha value is -1.52. The summed E-state index contributed by atoms with van der Waals surface area (Å²) in [4.78, 5) is 11.9. The van der Waals surface area contributed by atoms with Crippen molar-refractivity contribution in [2.75, 3.05) is 5.32 Å². The van der Waals surface area contributed by atoms with Crippen molar-refractivity contribution in [2.45, 2.75) is 38.8 Å². The number of alkyl halides is 3. The fourth-order valence-electron chi connectivity index (χ4n) is 2.73. The summed E-state index contributed by atoms with van der Waals surface area (Å²) in [6, 6.07) is 3.99. The van der Waals surface area contributed by atoms with Gasteiger partial charge in [-0.05, 0) is 24.0 Å². The lowest BCUT2D eigenvalue weighted by molar-refractivity contribution is -0.136. The summed E-state index contributed by atoms with van der Waals surface area (Å²) in [6.45, 7) is 3.90. The van der Waals surface area contributed by atoms with Crippen LogP contribution in [0.2, 0.25) is 0 Å². The van der Waals surface area contributed by atoms with Crippen LogP contribution in [0.1, 0.15) is 43.7 Å². The van der Waals surface area contributed by atoms with Gasteiger partial charge in [-0.1, -0.05) is 32.4 Å². The van der Waals surface area contributed by atoms with E-state index in [1.807, 2.05) is 13.8 Å². The highest BCUT2D eigenvalue weighted by molar-refractivity contribution is 6.04. The highest BCUT2D eigenvalue weighted by Crippen LogP contribution is 2.45. The number of amides is 1. The second-order valence-electron chi connectivity index (χ2n) is 5.00. The molecule has 104 valence electrons. The predicted molar refractivity (Wildman–Crippen MR) is 66.9 cm³/mol. The molecule has 2 rings (SSSR count). The lowest BCUT2D eigenvalue weighted by atomic mass is 9.85. The number of carbonyl (C=O) groups is 1. The van der Waals surface area contributed by atoms with Gasteiger partial charge in [-0.15, -0.1) is 0 Å². The Morgan fingerprint density at radius 2 is 2.05 bits per heavy atom. The largest absolute Gasteiger partial charge is 0.418 e. The lowest BCUT2D eigenvalue weighted by Crippen LogP contribution is -2.18. The average molecular weight is 271 g/mol. The van der Waals surface area contributed by atoms with Crippen LogP contribution in [0, 0.1) is 5.92 Å². The number of benzene rings is 1. The van der Waals surface area contributed by atoms with Crippen LogP contribution in [0.3, 0.4) is 0 Å². The van der Waals surface area contributed by atoms with Crippen LogP contribution < -0.4 is 5.32 Å². The Bertz CT molecular complexity index is 496. The smallest absolute Gasteiger partial charge is 0.325 e. The zero-order chi connectivity index (χ0) is 14.2. The first-order valence-electron chi connectivity index (χ1n) is 6.37. The number of nitrogens with one attached hydrogen (secondary N) is 1. The lowest BCUT2D eigenvalue weighted by Gasteiger charge is -2.17. The molecule has 2 nitrogen and oxygen atoms in total. The Kier molecular flexibility index (Phi) is 3.56. The number of carbonyl (C=O) groups excluding carboxylic acids is 1. The Morgan fingerprint density at radius 1 is 1.37 bits per heavy atom. The first-order chi connectivity index (χ1) is 8.86. The number of hydrogen-bond acceptors (Lipinski definition) is 1. The van der Waals surface area contributed by atoms with Crippen molar-refractivity contribution >= 4 is 11.6 Å². The van der Waals surface area contributed by atoms with E-state index < -0.39 is 17.7 Å². The van der Waals surface area contributed by atoms with Gasteiger partial charge >= 0.3 is 6.18 Å². The first kappa shape index (κ1) is 13.9. The molecule has 19 heavy (non-hydrogen) atoms. The van der Waals surface area contributed by atoms with E-state index in [0.29, 0.717) is 5.56 Å². The van der Waals surface area contributed by atoms with Gasteiger partial charge in [-0.25, -0.2) is 0 Å². The highest BCUT2D eigenvalue weighted by Gasteiger charge is 2.41. The first-order valence-corrected chi connectivity index (χ1v) is 6.37. The molecule has 1 aliphatic rings. The number of fused-ring (bicyclic) bond motifs is 1. The third kappa shape index (κ3) is 2.46. The second kappa shape index (κ2) is 4.87. The van der Waals surface area contributed by atoms with E-state index in [0.717, 1.165) is 18.9 Å². The van der Waals surface area contributed by atoms with Crippen molar-refractivity contribution in [1.29, 1.82) is 0 Å². The van der Waals surface area contributed by atoms with Crippen LogP contribution in [-0.2, 0) is 11.0 Å². The molecule has 1 aliphatic heterocycles. The molecule has 1 aromatic rings. The van der Waals surface area contributed by atoms with Gasteiger partial charge in [0.15, 0.2) is 0 Å². The molecule has 5 heteroatoms. The van der Waals surface area contributed by atoms with Crippen molar-refractivity contribution in [3.05, 3.63) is 29.3 Å². The summed E-state index contributed by atoms with van der Waals surface area (Å²) >= 11 is 0. The van der Waals surface area contributed by atoms with Crippen molar-refractivity contribution in [1.82, 2.24) is 0 Å². The molecule has 0 saturated carbocycles. The van der Waals surface area contributed by atoms with Crippen molar-refractivity contribution in [3.8, 4) is 0 Å². The van der Waals surface area contributed by atoms with E-state index in [1.54, 1.807) is 6.07 Å². The van der Waals surface area contributed by atoms with Crippen molar-refractivity contribution in [3.63, 3.8) is 0 Å². The van der Waals surface area contributed by atoms with Crippen molar-refractivity contribution < 1.29 is 18.0 Å². The minimum Gasteiger partial charge on any atom is -0.325 e. The molecule has 0 radical (unpaired) electrons. The van der Waals surface area contributed by atoms with Crippen LogP contribution in [0.25, 0.3) is 0 Å². The molecule has 0 fully saturated rings. The van der Waals surface area contributed by atoms with Gasteiger partial charge in [-0.3, -0.25) is 4.79 Å². The molecule has 2 atom stereocenters. The minimum atomic E-state index is -4.44. The zero-order valence-corrected chi connectivity index (χ0v) is 10.8. The maximum absolute atomic E-state index is 12.9. The fourth-order valence-corrected chi connectivity index (χ4v) is 2.73. The molecule has 1 heterocycles. The monoisotopic (exact) mass is 271 g/mol. The molecule has 0 aliphatic carbocycles. The molecule has 1 aromatic carbocycles. The highest BCUT2D eigenvalue weighted by atomic mass is 19.4. The van der Waals surface area contributed by atoms with Gasteiger partial charge < -0.3 is 5.32 Å². The third-order valence-electron chi connectivity index (χ3n) is 3.58. The molecule has 0 spiro atoms. The van der Waals surface area contributed by atoms with E-state index in [1.165, 1.54) is 6.07 Å². The summed E-state index contributed by atoms with van der Waals surface area (Å²) in [7, 11) is 0. The Balaban J connectivity index is 2.45. The van der Waals surface area contributed by atoms with Gasteiger partial charge in [0.25, 0.3) is 0 Å². The van der Waals surface area contributed by atoms with Gasteiger partial charge in [0.2, 0.25) is 5.91 Å². The summed E-state index contributed by atoms with van der Waals surface area (Å²) < 4.78 is 38.7. The second-order valence-corrected chi connectivity index (χ2v) is 5.00. The Labute approximate surface area is 110 Å². The number of rotatable bonds is 3. The summed E-state index contributed by atoms with van der Waals surface area (Å²) in [6.07, 6.45) is -2.73. The molecule has 1 amide bonds. The number of para-hydroxylation sites is 1. The van der Waals surface area contributed by atoms with Crippen LogP contribution in [0.5, 0.6) is 0 Å². The van der Waals surface area contributed by atoms with Crippen LogP contribution in [-0.4, -0.2) is 5.91 Å². The van der Waals surface area contributed by atoms with Crippen LogP contribution in [0.15, 0.2) is 18.2 Å². The van der Waals surface area contributed by atoms with Crippen LogP contribution >= 0.6 is 0 Å². The molecule has 0 aromatic heterocycles. The molecular formula is C14H16F3NO. The van der Waals surface area contributed by atoms with E-state index in [2.05, 4.69) is 5.32 Å². The number of hydrogen-bond donors (Lipinski definition) is 1. The van der Waals surface area contributed by atoms with Crippen LogP contribution in [0.4, 0.5) is 18.9 Å². The summed E-state index contributed by atoms with van der Waals surface area (Å²) in [5.41, 5.74) is -0.349. The predicted octanol–water partition coefficient (Wildman–Crippen LogP) is 4.18. The number of anilines is 1. The van der Waals surface area contributed by atoms with Gasteiger partial charge in [0, 0.05) is 0 Å². The van der Waals surface area contributed by atoms with E-state index in [-0.39, 0.29) is 17.5 Å². The van der Waals surface area contributed by atoms with Crippen molar-refractivity contribution in [2.24, 2.45) is 5.92 Å². The molecule has 1 N–H and O–H groups in total. The zero-order valence-electron chi connectivity index (χ0n) is 10.8. The Morgan fingerprint density at radius 3 is 2.63 bits per heavy atom. The standard InChI is InChI=1S/C14H16F3NO/c1-3-5-8(2)11-9-6-4-7-10(14(15,16)17)12(9)18-13(11)19/h4,6-8,11H,3,5H2,1-2H3,(H,18,19). The van der Waals surface area contributed by atoms with Gasteiger partial charge in [-0.2, -0.15) is 13.2 Å². The maximum Gasteiger partial charge on any atom is 0.418 e. The number of halogens is 3. The minimum absolute atomic E-state index is 0.0368. The van der Waals surface area contributed by atoms with E-state index >= 15 is 0 Å². The third-order valence-corrected chi connectivity index (χ3v) is 3.58. The average Bonchev–Trinajstić information content (AvgIpc) is 2.63. The van der Waals surface area contributed by atoms with Gasteiger partial charge in [0.1, 0.15) is 0 Å². The molecular weight excluding hydrogens is 255 g/mol. The maximum atomic E-state index is 12.9. The summed E-state index contributed by atoms with van der Waals surface area (Å²) in [5.74, 6) is -0.764. The summed E-state index contributed by atoms with van der Waals surface area (Å²) in [5, 5.41) is 2.40. The van der Waals surface area contributed by atoms with Gasteiger partial charge in [0.05, 0.1) is 17.2 Å². The van der Waals surface area contributed by atoms with E-state index in [9.17, 15) is 18.0 Å². The molecule has 0 saturated heterocycles. The quantitative estimate of drug-likeness (QED) is 0.878. The fraction of sp³-hybridized carbons (Fsp3) is 0.500. The topological polar surface area (TPSA) is 29.1 Å². The van der Waals surface area contributed by atoms with E-state index in [4.69, 9.17) is 0 Å².